The minimum absolute atomic E-state index is 0.0242. The fraction of sp³-hybridized carbons (Fsp3) is 0. The van der Waals surface area contributed by atoms with Crippen LogP contribution in [0.4, 0.5) is 11.4 Å². The van der Waals surface area contributed by atoms with Gasteiger partial charge >= 0.3 is 0 Å². The van der Waals surface area contributed by atoms with Gasteiger partial charge in [-0.15, -0.1) is 0 Å². The Balaban J connectivity index is 1.90. The zero-order valence-corrected chi connectivity index (χ0v) is 11.0. The highest BCUT2D eigenvalue weighted by Crippen LogP contribution is 2.19. The van der Waals surface area contributed by atoms with Crippen molar-refractivity contribution in [2.24, 2.45) is 4.99 Å². The number of nitro groups is 1. The predicted molar refractivity (Wildman–Crippen MR) is 82.1 cm³/mol. The molecule has 0 atom stereocenters. The van der Waals surface area contributed by atoms with E-state index in [0.717, 1.165) is 10.9 Å². The minimum Gasteiger partial charge on any atom is -0.258 e. The van der Waals surface area contributed by atoms with Crippen LogP contribution in [-0.4, -0.2) is 16.1 Å². The average Bonchev–Trinajstić information content (AvgIpc) is 2.53. The van der Waals surface area contributed by atoms with E-state index in [1.165, 1.54) is 12.1 Å². The number of hydrogen-bond donors (Lipinski definition) is 0. The minimum atomic E-state index is -0.437. The van der Waals surface area contributed by atoms with E-state index in [0.29, 0.717) is 11.4 Å². The predicted octanol–water partition coefficient (Wildman–Crippen LogP) is 3.89. The monoisotopic (exact) mass is 277 g/mol. The first-order chi connectivity index (χ1) is 10.2. The first kappa shape index (κ1) is 12.9. The van der Waals surface area contributed by atoms with Crippen LogP contribution in [0.3, 0.4) is 0 Å². The Hall–Kier alpha value is -3.08. The number of aliphatic imine (C=N–C) groups is 1. The number of para-hydroxylation sites is 1. The lowest BCUT2D eigenvalue weighted by Crippen LogP contribution is -1.88. The topological polar surface area (TPSA) is 68.4 Å². The molecule has 0 unspecified atom stereocenters. The molecule has 5 heteroatoms. The maximum atomic E-state index is 10.7. The van der Waals surface area contributed by atoms with Crippen molar-refractivity contribution in [2.45, 2.75) is 0 Å². The Labute approximate surface area is 120 Å². The molecule has 21 heavy (non-hydrogen) atoms. The van der Waals surface area contributed by atoms with Crippen LogP contribution in [0.5, 0.6) is 0 Å². The van der Waals surface area contributed by atoms with Crippen molar-refractivity contribution < 1.29 is 4.92 Å². The Morgan fingerprint density at radius 1 is 1.05 bits per heavy atom. The summed E-state index contributed by atoms with van der Waals surface area (Å²) in [5.74, 6) is 0. The van der Waals surface area contributed by atoms with Crippen LogP contribution < -0.4 is 0 Å². The van der Waals surface area contributed by atoms with Gasteiger partial charge in [0.05, 0.1) is 28.0 Å². The van der Waals surface area contributed by atoms with Crippen molar-refractivity contribution in [1.29, 1.82) is 0 Å². The SMILES string of the molecule is O=[N+]([O-])c1cccc(N=Cc2ccc3ccccc3n2)c1. The average molecular weight is 277 g/mol. The molecule has 0 N–H and O–H groups in total. The van der Waals surface area contributed by atoms with Crippen LogP contribution in [0.25, 0.3) is 10.9 Å². The number of hydrogen-bond acceptors (Lipinski definition) is 4. The van der Waals surface area contributed by atoms with Crippen molar-refractivity contribution in [3.05, 3.63) is 76.5 Å². The molecule has 0 saturated heterocycles. The molecule has 3 aromatic rings. The third-order valence-electron chi connectivity index (χ3n) is 3.01. The first-order valence-electron chi connectivity index (χ1n) is 6.37. The van der Waals surface area contributed by atoms with E-state index in [4.69, 9.17) is 0 Å². The lowest BCUT2D eigenvalue weighted by Gasteiger charge is -1.98. The Morgan fingerprint density at radius 3 is 2.76 bits per heavy atom. The van der Waals surface area contributed by atoms with E-state index < -0.39 is 4.92 Å². The maximum Gasteiger partial charge on any atom is 0.271 e. The van der Waals surface area contributed by atoms with Crippen molar-refractivity contribution >= 4 is 28.5 Å². The molecule has 1 heterocycles. The molecule has 0 fully saturated rings. The molecule has 1 aromatic heterocycles. The Kier molecular flexibility index (Phi) is 3.39. The number of rotatable bonds is 3. The molecule has 3 rings (SSSR count). The van der Waals surface area contributed by atoms with Crippen molar-refractivity contribution in [3.8, 4) is 0 Å². The summed E-state index contributed by atoms with van der Waals surface area (Å²) in [6.45, 7) is 0. The van der Waals surface area contributed by atoms with Gasteiger partial charge in [-0.2, -0.15) is 0 Å². The lowest BCUT2D eigenvalue weighted by atomic mass is 10.2. The molecular weight excluding hydrogens is 266 g/mol. The van der Waals surface area contributed by atoms with Gasteiger partial charge in [0, 0.05) is 17.5 Å². The summed E-state index contributed by atoms with van der Waals surface area (Å²) >= 11 is 0. The highest BCUT2D eigenvalue weighted by Gasteiger charge is 2.04. The zero-order chi connectivity index (χ0) is 14.7. The molecule has 0 amide bonds. The zero-order valence-electron chi connectivity index (χ0n) is 11.0. The molecule has 0 bridgehead atoms. The van der Waals surface area contributed by atoms with Gasteiger partial charge in [0.15, 0.2) is 0 Å². The highest BCUT2D eigenvalue weighted by molar-refractivity contribution is 5.86. The molecule has 5 nitrogen and oxygen atoms in total. The van der Waals surface area contributed by atoms with Gasteiger partial charge in [-0.25, -0.2) is 4.98 Å². The van der Waals surface area contributed by atoms with E-state index in [2.05, 4.69) is 9.98 Å². The van der Waals surface area contributed by atoms with E-state index in [1.807, 2.05) is 36.4 Å². The molecule has 0 saturated carbocycles. The third kappa shape index (κ3) is 2.92. The van der Waals surface area contributed by atoms with Crippen LogP contribution in [0, 0.1) is 10.1 Å². The number of pyridine rings is 1. The normalized spacial score (nSPS) is 11.0. The molecule has 0 radical (unpaired) electrons. The van der Waals surface area contributed by atoms with E-state index in [1.54, 1.807) is 18.3 Å². The molecule has 0 aliphatic carbocycles. The number of benzene rings is 2. The standard InChI is InChI=1S/C16H11N3O2/c20-19(21)15-6-3-5-13(10-15)17-11-14-9-8-12-4-1-2-7-16(12)18-14/h1-11H. The molecule has 2 aromatic carbocycles. The van der Waals surface area contributed by atoms with Gasteiger partial charge in [0.2, 0.25) is 0 Å². The molecule has 0 aliphatic heterocycles. The van der Waals surface area contributed by atoms with Crippen LogP contribution in [0.2, 0.25) is 0 Å². The lowest BCUT2D eigenvalue weighted by molar-refractivity contribution is -0.384. The van der Waals surface area contributed by atoms with Gasteiger partial charge in [-0.3, -0.25) is 15.1 Å². The largest absolute Gasteiger partial charge is 0.271 e. The van der Waals surface area contributed by atoms with Gasteiger partial charge in [0.25, 0.3) is 5.69 Å². The second-order valence-electron chi connectivity index (χ2n) is 4.46. The first-order valence-corrected chi connectivity index (χ1v) is 6.37. The number of fused-ring (bicyclic) bond motifs is 1. The summed E-state index contributed by atoms with van der Waals surface area (Å²) in [7, 11) is 0. The number of aromatic nitrogens is 1. The fourth-order valence-corrected chi connectivity index (χ4v) is 1.98. The molecular formula is C16H11N3O2. The number of nitro benzene ring substituents is 1. The van der Waals surface area contributed by atoms with E-state index >= 15 is 0 Å². The summed E-state index contributed by atoms with van der Waals surface area (Å²) in [4.78, 5) is 19.0. The summed E-state index contributed by atoms with van der Waals surface area (Å²) in [5, 5.41) is 11.8. The van der Waals surface area contributed by atoms with Crippen LogP contribution >= 0.6 is 0 Å². The summed E-state index contributed by atoms with van der Waals surface area (Å²) < 4.78 is 0. The smallest absolute Gasteiger partial charge is 0.258 e. The van der Waals surface area contributed by atoms with Crippen molar-refractivity contribution in [2.75, 3.05) is 0 Å². The fourth-order valence-electron chi connectivity index (χ4n) is 1.98. The third-order valence-corrected chi connectivity index (χ3v) is 3.01. The summed E-state index contributed by atoms with van der Waals surface area (Å²) in [6, 6.07) is 17.8. The molecule has 0 spiro atoms. The molecule has 102 valence electrons. The van der Waals surface area contributed by atoms with Gasteiger partial charge in [0.1, 0.15) is 0 Å². The van der Waals surface area contributed by atoms with Crippen molar-refractivity contribution in [1.82, 2.24) is 4.98 Å². The number of nitrogens with zero attached hydrogens (tertiary/aromatic N) is 3. The van der Waals surface area contributed by atoms with Gasteiger partial charge in [-0.1, -0.05) is 30.3 Å². The van der Waals surface area contributed by atoms with Crippen LogP contribution in [0.15, 0.2) is 65.7 Å². The van der Waals surface area contributed by atoms with Crippen molar-refractivity contribution in [3.63, 3.8) is 0 Å². The van der Waals surface area contributed by atoms with Crippen LogP contribution in [-0.2, 0) is 0 Å². The van der Waals surface area contributed by atoms with E-state index in [9.17, 15) is 10.1 Å². The second kappa shape index (κ2) is 5.50. The number of non-ortho nitro benzene ring substituents is 1. The summed E-state index contributed by atoms with van der Waals surface area (Å²) in [5.41, 5.74) is 2.15. The quantitative estimate of drug-likeness (QED) is 0.414. The Bertz CT molecular complexity index is 844. The maximum absolute atomic E-state index is 10.7. The van der Waals surface area contributed by atoms with Gasteiger partial charge < -0.3 is 0 Å². The van der Waals surface area contributed by atoms with E-state index in [-0.39, 0.29) is 5.69 Å². The second-order valence-corrected chi connectivity index (χ2v) is 4.46. The highest BCUT2D eigenvalue weighted by atomic mass is 16.6. The van der Waals surface area contributed by atoms with Crippen LogP contribution in [0.1, 0.15) is 5.69 Å². The Morgan fingerprint density at radius 2 is 1.90 bits per heavy atom. The summed E-state index contributed by atoms with van der Waals surface area (Å²) in [6.07, 6.45) is 1.60. The van der Waals surface area contributed by atoms with Gasteiger partial charge in [-0.05, 0) is 18.2 Å². The molecule has 0 aliphatic rings.